The molecule has 0 saturated heterocycles. The van der Waals surface area contributed by atoms with Crippen LogP contribution in [0.15, 0.2) is 48.5 Å². The molecule has 1 fully saturated rings. The van der Waals surface area contributed by atoms with E-state index in [1.165, 1.54) is 18.4 Å². The summed E-state index contributed by atoms with van der Waals surface area (Å²) in [6, 6.07) is 18.4. The van der Waals surface area contributed by atoms with Crippen molar-refractivity contribution < 1.29 is 0 Å². The maximum Gasteiger partial charge on any atom is 0.0992 e. The Morgan fingerprint density at radius 3 is 2.39 bits per heavy atom. The smallest absolute Gasteiger partial charge is 0.0992 e. The zero-order valence-corrected chi connectivity index (χ0v) is 14.2. The van der Waals surface area contributed by atoms with Gasteiger partial charge in [0.25, 0.3) is 0 Å². The van der Waals surface area contributed by atoms with Crippen molar-refractivity contribution in [3.63, 3.8) is 0 Å². The number of para-hydroxylation sites is 1. The standard InChI is InChI=1S/C21H24N2/c1-20(2)15-21(20,3)12-11-17-10-9-16(14-22)13-19(17)23-18-7-5-4-6-8-18/h4-10,13,23H,11-12,15H2,1-3H3. The molecule has 0 aliphatic heterocycles. The highest BCUT2D eigenvalue weighted by Crippen LogP contribution is 2.65. The van der Waals surface area contributed by atoms with Crippen molar-refractivity contribution in [1.29, 1.82) is 5.26 Å². The van der Waals surface area contributed by atoms with Crippen molar-refractivity contribution in [1.82, 2.24) is 0 Å². The number of hydrogen-bond acceptors (Lipinski definition) is 2. The molecular formula is C21H24N2. The molecule has 0 aromatic heterocycles. The lowest BCUT2D eigenvalue weighted by Crippen LogP contribution is -2.06. The predicted octanol–water partition coefficient (Wildman–Crippen LogP) is 5.67. The molecule has 0 amide bonds. The molecule has 3 rings (SSSR count). The van der Waals surface area contributed by atoms with Crippen LogP contribution in [0.1, 0.15) is 44.7 Å². The molecule has 23 heavy (non-hydrogen) atoms. The van der Waals surface area contributed by atoms with Crippen molar-refractivity contribution in [3.05, 3.63) is 59.7 Å². The monoisotopic (exact) mass is 304 g/mol. The molecule has 1 atom stereocenters. The molecule has 1 unspecified atom stereocenters. The summed E-state index contributed by atoms with van der Waals surface area (Å²) in [6.45, 7) is 7.10. The minimum Gasteiger partial charge on any atom is -0.355 e. The van der Waals surface area contributed by atoms with Crippen molar-refractivity contribution in [2.45, 2.75) is 40.0 Å². The third-order valence-corrected chi connectivity index (χ3v) is 5.58. The minimum atomic E-state index is 0.449. The van der Waals surface area contributed by atoms with Gasteiger partial charge in [0.05, 0.1) is 11.6 Å². The minimum absolute atomic E-state index is 0.449. The second kappa shape index (κ2) is 5.74. The Kier molecular flexibility index (Phi) is 3.90. The van der Waals surface area contributed by atoms with Crippen molar-refractivity contribution in [2.75, 3.05) is 5.32 Å². The van der Waals surface area contributed by atoms with Crippen LogP contribution >= 0.6 is 0 Å². The largest absolute Gasteiger partial charge is 0.355 e. The van der Waals surface area contributed by atoms with Gasteiger partial charge in [0.15, 0.2) is 0 Å². The van der Waals surface area contributed by atoms with E-state index in [1.807, 2.05) is 42.5 Å². The highest BCUT2D eigenvalue weighted by molar-refractivity contribution is 5.65. The molecular weight excluding hydrogens is 280 g/mol. The molecule has 0 heterocycles. The third kappa shape index (κ3) is 3.24. The number of nitriles is 1. The molecule has 1 N–H and O–H groups in total. The fraction of sp³-hybridized carbons (Fsp3) is 0.381. The first-order chi connectivity index (χ1) is 10.9. The SMILES string of the molecule is CC1(C)CC1(C)CCc1ccc(C#N)cc1Nc1ccccc1. The Morgan fingerprint density at radius 1 is 1.09 bits per heavy atom. The van der Waals surface area contributed by atoms with Crippen molar-refractivity contribution in [2.24, 2.45) is 10.8 Å². The van der Waals surface area contributed by atoms with Crippen LogP contribution in [0.3, 0.4) is 0 Å². The van der Waals surface area contributed by atoms with Crippen LogP contribution in [0.25, 0.3) is 0 Å². The first kappa shape index (κ1) is 15.6. The molecule has 1 aliphatic carbocycles. The lowest BCUT2D eigenvalue weighted by molar-refractivity contribution is 0.391. The summed E-state index contributed by atoms with van der Waals surface area (Å²) in [5.74, 6) is 0. The predicted molar refractivity (Wildman–Crippen MR) is 95.7 cm³/mol. The van der Waals surface area contributed by atoms with Gasteiger partial charge in [-0.2, -0.15) is 5.26 Å². The van der Waals surface area contributed by atoms with Gasteiger partial charge in [0, 0.05) is 11.4 Å². The number of nitrogens with zero attached hydrogens (tertiary/aromatic N) is 1. The summed E-state index contributed by atoms with van der Waals surface area (Å²) in [6.07, 6.45) is 3.54. The lowest BCUT2D eigenvalue weighted by Gasteiger charge is -2.17. The summed E-state index contributed by atoms with van der Waals surface area (Å²) >= 11 is 0. The highest BCUT2D eigenvalue weighted by atomic mass is 14.9. The van der Waals surface area contributed by atoms with E-state index in [1.54, 1.807) is 0 Å². The summed E-state index contributed by atoms with van der Waals surface area (Å²) in [5.41, 5.74) is 5.01. The Morgan fingerprint density at radius 2 is 1.78 bits per heavy atom. The average molecular weight is 304 g/mol. The second-order valence-corrected chi connectivity index (χ2v) is 7.60. The molecule has 2 aromatic carbocycles. The van der Waals surface area contributed by atoms with E-state index < -0.39 is 0 Å². The first-order valence-corrected chi connectivity index (χ1v) is 8.29. The Balaban J connectivity index is 1.81. The molecule has 0 bridgehead atoms. The van der Waals surface area contributed by atoms with E-state index in [0.717, 1.165) is 17.8 Å². The van der Waals surface area contributed by atoms with Crippen LogP contribution in [-0.2, 0) is 6.42 Å². The number of anilines is 2. The van der Waals surface area contributed by atoms with Gasteiger partial charge in [-0.05, 0) is 59.9 Å². The molecule has 118 valence electrons. The number of hydrogen-bond donors (Lipinski definition) is 1. The van der Waals surface area contributed by atoms with E-state index in [9.17, 15) is 5.26 Å². The number of nitrogens with one attached hydrogen (secondary N) is 1. The van der Waals surface area contributed by atoms with Crippen molar-refractivity contribution >= 4 is 11.4 Å². The van der Waals surface area contributed by atoms with E-state index in [2.05, 4.69) is 38.2 Å². The van der Waals surface area contributed by atoms with Crippen LogP contribution in [0, 0.1) is 22.2 Å². The van der Waals surface area contributed by atoms with Gasteiger partial charge in [0.2, 0.25) is 0 Å². The van der Waals surface area contributed by atoms with Gasteiger partial charge < -0.3 is 5.32 Å². The Bertz CT molecular complexity index is 740. The number of benzene rings is 2. The maximum absolute atomic E-state index is 9.18. The van der Waals surface area contributed by atoms with Crippen LogP contribution < -0.4 is 5.32 Å². The van der Waals surface area contributed by atoms with Crippen molar-refractivity contribution in [3.8, 4) is 6.07 Å². The summed E-state index contributed by atoms with van der Waals surface area (Å²) < 4.78 is 0. The average Bonchev–Trinajstić information content (AvgIpc) is 3.05. The molecule has 2 heteroatoms. The Hall–Kier alpha value is -2.27. The van der Waals surface area contributed by atoms with E-state index in [0.29, 0.717) is 16.4 Å². The zero-order chi connectivity index (χ0) is 16.5. The summed E-state index contributed by atoms with van der Waals surface area (Å²) in [5, 5.41) is 12.7. The fourth-order valence-electron chi connectivity index (χ4n) is 3.43. The molecule has 1 aliphatic rings. The maximum atomic E-state index is 9.18. The summed E-state index contributed by atoms with van der Waals surface area (Å²) in [4.78, 5) is 0. The van der Waals surface area contributed by atoms with Crippen LogP contribution in [0.5, 0.6) is 0 Å². The van der Waals surface area contributed by atoms with Gasteiger partial charge in [-0.15, -0.1) is 0 Å². The fourth-order valence-corrected chi connectivity index (χ4v) is 3.43. The molecule has 0 radical (unpaired) electrons. The van der Waals surface area contributed by atoms with E-state index in [4.69, 9.17) is 0 Å². The van der Waals surface area contributed by atoms with Gasteiger partial charge in [-0.1, -0.05) is 45.0 Å². The quantitative estimate of drug-likeness (QED) is 0.772. The van der Waals surface area contributed by atoms with Gasteiger partial charge in [-0.3, -0.25) is 0 Å². The first-order valence-electron chi connectivity index (χ1n) is 8.29. The van der Waals surface area contributed by atoms with Crippen LogP contribution in [-0.4, -0.2) is 0 Å². The van der Waals surface area contributed by atoms with Crippen LogP contribution in [0.2, 0.25) is 0 Å². The van der Waals surface area contributed by atoms with Gasteiger partial charge >= 0.3 is 0 Å². The van der Waals surface area contributed by atoms with E-state index >= 15 is 0 Å². The third-order valence-electron chi connectivity index (χ3n) is 5.58. The molecule has 1 saturated carbocycles. The highest BCUT2D eigenvalue weighted by Gasteiger charge is 2.56. The molecule has 2 aromatic rings. The normalized spacial score (nSPS) is 21.5. The molecule has 0 spiro atoms. The second-order valence-electron chi connectivity index (χ2n) is 7.60. The van der Waals surface area contributed by atoms with Gasteiger partial charge in [0.1, 0.15) is 0 Å². The number of rotatable bonds is 5. The Labute approximate surface area is 139 Å². The zero-order valence-electron chi connectivity index (χ0n) is 14.2. The summed E-state index contributed by atoms with van der Waals surface area (Å²) in [7, 11) is 0. The lowest BCUT2D eigenvalue weighted by atomic mass is 9.90. The topological polar surface area (TPSA) is 35.8 Å². The van der Waals surface area contributed by atoms with Gasteiger partial charge in [-0.25, -0.2) is 0 Å². The number of aryl methyl sites for hydroxylation is 1. The molecule has 2 nitrogen and oxygen atoms in total. The van der Waals surface area contributed by atoms with E-state index in [-0.39, 0.29) is 0 Å². The van der Waals surface area contributed by atoms with Crippen LogP contribution in [0.4, 0.5) is 11.4 Å².